The minimum Gasteiger partial charge on any atom is -0.444 e. The number of likely N-dealkylation sites (N-methyl/N-ethyl adjacent to an activating group) is 1. The van der Waals surface area contributed by atoms with E-state index in [1.807, 2.05) is 20.8 Å². The SMILES string of the molecule is CCNC(=NCC(CC)(CC)NC(=O)OC(C)(C)C)NCC(C)N1CCN(C)CC1.I. The lowest BCUT2D eigenvalue weighted by molar-refractivity contribution is 0.0452. The number of nitrogens with zero attached hydrogens (tertiary/aromatic N) is 3. The van der Waals surface area contributed by atoms with E-state index in [0.29, 0.717) is 12.6 Å². The zero-order chi connectivity index (χ0) is 22.8. The van der Waals surface area contributed by atoms with Crippen molar-refractivity contribution in [3.8, 4) is 0 Å². The summed E-state index contributed by atoms with van der Waals surface area (Å²) in [5.74, 6) is 0.788. The van der Waals surface area contributed by atoms with Crippen LogP contribution in [0.3, 0.4) is 0 Å². The highest BCUT2D eigenvalue weighted by molar-refractivity contribution is 14.0. The van der Waals surface area contributed by atoms with Crippen LogP contribution in [0, 0.1) is 0 Å². The van der Waals surface area contributed by atoms with Crippen LogP contribution in [0.25, 0.3) is 0 Å². The quantitative estimate of drug-likeness (QED) is 0.231. The van der Waals surface area contributed by atoms with Crippen LogP contribution < -0.4 is 16.0 Å². The average Bonchev–Trinajstić information content (AvgIpc) is 2.68. The number of ether oxygens (including phenoxy) is 1. The van der Waals surface area contributed by atoms with E-state index in [1.165, 1.54) is 0 Å². The summed E-state index contributed by atoms with van der Waals surface area (Å²) in [5, 5.41) is 9.88. The third kappa shape index (κ3) is 11.6. The van der Waals surface area contributed by atoms with Gasteiger partial charge in [0.15, 0.2) is 5.96 Å². The zero-order valence-electron chi connectivity index (χ0n) is 21.0. The van der Waals surface area contributed by atoms with Crippen molar-refractivity contribution in [1.82, 2.24) is 25.8 Å². The second-order valence-corrected chi connectivity index (χ2v) is 9.38. The summed E-state index contributed by atoms with van der Waals surface area (Å²) in [4.78, 5) is 22.0. The Kier molecular flexibility index (Phi) is 14.0. The summed E-state index contributed by atoms with van der Waals surface area (Å²) in [6.07, 6.45) is 1.18. The average molecular weight is 555 g/mol. The lowest BCUT2D eigenvalue weighted by Crippen LogP contribution is -2.53. The molecule has 9 heteroatoms. The number of aliphatic imine (C=N–C) groups is 1. The van der Waals surface area contributed by atoms with Crippen LogP contribution >= 0.6 is 24.0 Å². The lowest BCUT2D eigenvalue weighted by atomic mass is 9.93. The van der Waals surface area contributed by atoms with E-state index in [-0.39, 0.29) is 30.1 Å². The fraction of sp³-hybridized carbons (Fsp3) is 0.909. The van der Waals surface area contributed by atoms with Gasteiger partial charge in [-0.2, -0.15) is 0 Å². The summed E-state index contributed by atoms with van der Waals surface area (Å²) in [6.45, 7) is 20.6. The zero-order valence-corrected chi connectivity index (χ0v) is 23.3. The Labute approximate surface area is 207 Å². The van der Waals surface area contributed by atoms with Crippen molar-refractivity contribution < 1.29 is 9.53 Å². The van der Waals surface area contributed by atoms with Gasteiger partial charge < -0.3 is 25.6 Å². The molecule has 1 saturated heterocycles. The number of nitrogens with one attached hydrogen (secondary N) is 3. The second kappa shape index (κ2) is 14.4. The van der Waals surface area contributed by atoms with Gasteiger partial charge in [0.05, 0.1) is 12.1 Å². The van der Waals surface area contributed by atoms with Crippen molar-refractivity contribution in [2.45, 2.75) is 78.5 Å². The van der Waals surface area contributed by atoms with Crippen LogP contribution in [0.2, 0.25) is 0 Å². The highest BCUT2D eigenvalue weighted by Crippen LogP contribution is 2.17. The largest absolute Gasteiger partial charge is 0.444 e. The van der Waals surface area contributed by atoms with Crippen molar-refractivity contribution in [2.24, 2.45) is 4.99 Å². The van der Waals surface area contributed by atoms with Crippen LogP contribution in [0.4, 0.5) is 4.79 Å². The van der Waals surface area contributed by atoms with Crippen molar-refractivity contribution >= 4 is 36.0 Å². The molecule has 0 spiro atoms. The molecule has 0 aromatic carbocycles. The monoisotopic (exact) mass is 554 g/mol. The van der Waals surface area contributed by atoms with Gasteiger partial charge in [-0.1, -0.05) is 13.8 Å². The molecule has 1 fully saturated rings. The van der Waals surface area contributed by atoms with Gasteiger partial charge in [-0.25, -0.2) is 4.79 Å². The summed E-state index contributed by atoms with van der Waals surface area (Å²) in [5.41, 5.74) is -0.940. The smallest absolute Gasteiger partial charge is 0.408 e. The molecule has 31 heavy (non-hydrogen) atoms. The molecule has 0 radical (unpaired) electrons. The Morgan fingerprint density at radius 3 is 2.13 bits per heavy atom. The number of hydrogen-bond acceptors (Lipinski definition) is 5. The highest BCUT2D eigenvalue weighted by atomic mass is 127. The first-order valence-corrected chi connectivity index (χ1v) is 11.5. The number of rotatable bonds is 9. The van der Waals surface area contributed by atoms with Crippen molar-refractivity contribution in [1.29, 1.82) is 0 Å². The van der Waals surface area contributed by atoms with Gasteiger partial charge in [0.1, 0.15) is 5.60 Å². The summed E-state index contributed by atoms with van der Waals surface area (Å²) in [7, 11) is 2.18. The summed E-state index contributed by atoms with van der Waals surface area (Å²) < 4.78 is 5.47. The summed E-state index contributed by atoms with van der Waals surface area (Å²) >= 11 is 0. The number of halogens is 1. The van der Waals surface area contributed by atoms with Gasteiger partial charge in [0, 0.05) is 45.3 Å². The first-order valence-electron chi connectivity index (χ1n) is 11.5. The van der Waals surface area contributed by atoms with Crippen molar-refractivity contribution in [3.05, 3.63) is 0 Å². The molecule has 1 heterocycles. The van der Waals surface area contributed by atoms with Crippen LogP contribution in [-0.4, -0.2) is 91.9 Å². The molecule has 1 rings (SSSR count). The molecule has 3 N–H and O–H groups in total. The minimum absolute atomic E-state index is 0. The molecular weight excluding hydrogens is 507 g/mol. The first kappa shape index (κ1) is 30.2. The van der Waals surface area contributed by atoms with E-state index >= 15 is 0 Å². The number of amides is 1. The van der Waals surface area contributed by atoms with Crippen LogP contribution in [0.5, 0.6) is 0 Å². The molecule has 0 bridgehead atoms. The number of carbonyl (C=O) groups excluding carboxylic acids is 1. The Balaban J connectivity index is 0.00000900. The van der Waals surface area contributed by atoms with Crippen LogP contribution in [-0.2, 0) is 4.74 Å². The molecule has 1 aliphatic heterocycles. The van der Waals surface area contributed by atoms with Crippen molar-refractivity contribution in [2.75, 3.05) is 52.9 Å². The first-order chi connectivity index (χ1) is 14.0. The fourth-order valence-corrected chi connectivity index (χ4v) is 3.42. The molecule has 1 unspecified atom stereocenters. The third-order valence-electron chi connectivity index (χ3n) is 5.73. The molecule has 8 nitrogen and oxygen atoms in total. The third-order valence-corrected chi connectivity index (χ3v) is 5.73. The van der Waals surface area contributed by atoms with Gasteiger partial charge in [-0.05, 0) is 54.5 Å². The number of alkyl carbamates (subject to hydrolysis) is 1. The standard InChI is InChI=1S/C22H46N6O2.HI/c1-9-22(10-2,26-20(29)30-21(5,6)7)17-25-19(23-11-3)24-16-18(4)28-14-12-27(8)13-15-28;/h18H,9-17H2,1-8H3,(H,26,29)(H2,23,24,25);1H. The normalized spacial score (nSPS) is 17.5. The number of guanidine groups is 1. The molecule has 0 aromatic rings. The van der Waals surface area contributed by atoms with Crippen LogP contribution in [0.1, 0.15) is 61.3 Å². The van der Waals surface area contributed by atoms with E-state index in [2.05, 4.69) is 60.5 Å². The molecule has 1 aliphatic rings. The lowest BCUT2D eigenvalue weighted by Gasteiger charge is -2.36. The number of piperazine rings is 1. The van der Waals surface area contributed by atoms with Crippen molar-refractivity contribution in [3.63, 3.8) is 0 Å². The molecular formula is C22H47IN6O2. The number of hydrogen-bond donors (Lipinski definition) is 3. The van der Waals surface area contributed by atoms with E-state index in [9.17, 15) is 4.79 Å². The van der Waals surface area contributed by atoms with Gasteiger partial charge in [-0.15, -0.1) is 24.0 Å². The predicted octanol–water partition coefficient (Wildman–Crippen LogP) is 2.88. The Morgan fingerprint density at radius 1 is 1.06 bits per heavy atom. The molecule has 0 saturated carbocycles. The predicted molar refractivity (Wildman–Crippen MR) is 141 cm³/mol. The fourth-order valence-electron chi connectivity index (χ4n) is 3.42. The van der Waals surface area contributed by atoms with Gasteiger partial charge in [0.25, 0.3) is 0 Å². The topological polar surface area (TPSA) is 81.2 Å². The Morgan fingerprint density at radius 2 is 1.65 bits per heavy atom. The van der Waals surface area contributed by atoms with Gasteiger partial charge in [-0.3, -0.25) is 9.89 Å². The highest BCUT2D eigenvalue weighted by Gasteiger charge is 2.30. The maximum atomic E-state index is 12.4. The number of carbonyl (C=O) groups is 1. The molecule has 1 atom stereocenters. The van der Waals surface area contributed by atoms with E-state index in [0.717, 1.165) is 58.1 Å². The van der Waals surface area contributed by atoms with Gasteiger partial charge >= 0.3 is 6.09 Å². The molecule has 184 valence electrons. The van der Waals surface area contributed by atoms with Gasteiger partial charge in [0.2, 0.25) is 0 Å². The minimum atomic E-state index is -0.517. The van der Waals surface area contributed by atoms with E-state index in [1.54, 1.807) is 0 Å². The van der Waals surface area contributed by atoms with Crippen LogP contribution in [0.15, 0.2) is 4.99 Å². The second-order valence-electron chi connectivity index (χ2n) is 9.38. The van der Waals surface area contributed by atoms with E-state index in [4.69, 9.17) is 9.73 Å². The van der Waals surface area contributed by atoms with E-state index < -0.39 is 11.1 Å². The maximum absolute atomic E-state index is 12.4. The maximum Gasteiger partial charge on any atom is 0.408 e. The molecule has 1 amide bonds. The molecule has 0 aromatic heterocycles. The summed E-state index contributed by atoms with van der Waals surface area (Å²) in [6, 6.07) is 0.435. The Bertz CT molecular complexity index is 541. The molecule has 0 aliphatic carbocycles. The Hall–Kier alpha value is -0.810.